The molecule has 4 aliphatic rings. The van der Waals surface area contributed by atoms with Crippen LogP contribution in [-0.4, -0.2) is 6.10 Å². The Bertz CT molecular complexity index is 478. The maximum absolute atomic E-state index is 6.64. The Labute approximate surface area is 130 Å². The van der Waals surface area contributed by atoms with Gasteiger partial charge in [-0.1, -0.05) is 40.7 Å². The predicted molar refractivity (Wildman–Crippen MR) is 86.8 cm³/mol. The fraction of sp³-hybridized carbons (Fsp3) is 0.900. The average Bonchev–Trinajstić information content (AvgIpc) is 2.70. The van der Waals surface area contributed by atoms with E-state index >= 15 is 0 Å². The van der Waals surface area contributed by atoms with Crippen LogP contribution in [0.25, 0.3) is 0 Å². The van der Waals surface area contributed by atoms with Crippen molar-refractivity contribution >= 4 is 0 Å². The van der Waals surface area contributed by atoms with Gasteiger partial charge in [0.2, 0.25) is 0 Å². The highest BCUT2D eigenvalue weighted by Gasteiger charge is 2.68. The molecule has 4 aliphatic carbocycles. The molecule has 0 saturated heterocycles. The molecule has 0 radical (unpaired) electrons. The summed E-state index contributed by atoms with van der Waals surface area (Å²) < 4.78 is 6.64. The van der Waals surface area contributed by atoms with Gasteiger partial charge in [-0.2, -0.15) is 0 Å². The Morgan fingerprint density at radius 3 is 2.52 bits per heavy atom. The van der Waals surface area contributed by atoms with E-state index in [-0.39, 0.29) is 5.41 Å². The van der Waals surface area contributed by atoms with E-state index in [4.69, 9.17) is 4.74 Å². The van der Waals surface area contributed by atoms with Gasteiger partial charge in [-0.3, -0.25) is 0 Å². The minimum Gasteiger partial charge on any atom is -0.494 e. The Hall–Kier alpha value is -0.460. The lowest BCUT2D eigenvalue weighted by Crippen LogP contribution is -2.51. The molecule has 0 N–H and O–H groups in total. The third kappa shape index (κ3) is 1.64. The van der Waals surface area contributed by atoms with Gasteiger partial charge in [-0.15, -0.1) is 0 Å². The van der Waals surface area contributed by atoms with Gasteiger partial charge in [0, 0.05) is 10.8 Å². The highest BCUT2D eigenvalue weighted by molar-refractivity contribution is 5.25. The topological polar surface area (TPSA) is 9.23 Å². The summed E-state index contributed by atoms with van der Waals surface area (Å²) in [6.07, 6.45) is 9.92. The van der Waals surface area contributed by atoms with E-state index in [2.05, 4.69) is 34.3 Å². The second kappa shape index (κ2) is 4.09. The molecule has 0 aromatic heterocycles. The van der Waals surface area contributed by atoms with Crippen LogP contribution in [0, 0.1) is 34.0 Å². The van der Waals surface area contributed by atoms with Gasteiger partial charge in [0.05, 0.1) is 5.76 Å². The minimum absolute atomic E-state index is 0.283. The molecule has 6 unspecified atom stereocenters. The van der Waals surface area contributed by atoms with Crippen molar-refractivity contribution in [3.05, 3.63) is 12.3 Å². The Morgan fingerprint density at radius 1 is 1.24 bits per heavy atom. The second-order valence-electron chi connectivity index (χ2n) is 9.49. The maximum Gasteiger partial charge on any atom is 0.104 e. The molecule has 118 valence electrons. The number of ether oxygens (including phenoxy) is 1. The highest BCUT2D eigenvalue weighted by Crippen LogP contribution is 2.73. The van der Waals surface area contributed by atoms with Gasteiger partial charge in [-0.25, -0.2) is 0 Å². The first-order valence-corrected chi connectivity index (χ1v) is 9.21. The van der Waals surface area contributed by atoms with Crippen molar-refractivity contribution in [2.24, 2.45) is 34.0 Å². The van der Waals surface area contributed by atoms with Gasteiger partial charge in [0.25, 0.3) is 0 Å². The van der Waals surface area contributed by atoms with E-state index < -0.39 is 0 Å². The van der Waals surface area contributed by atoms with Crippen molar-refractivity contribution in [2.75, 3.05) is 0 Å². The van der Waals surface area contributed by atoms with Crippen molar-refractivity contribution in [3.8, 4) is 0 Å². The summed E-state index contributed by atoms with van der Waals surface area (Å²) in [5.74, 6) is 3.99. The van der Waals surface area contributed by atoms with Crippen molar-refractivity contribution < 1.29 is 4.74 Å². The van der Waals surface area contributed by atoms with E-state index in [0.717, 1.165) is 23.5 Å². The molecular weight excluding hydrogens is 256 g/mol. The van der Waals surface area contributed by atoms with Crippen LogP contribution in [0.3, 0.4) is 0 Å². The maximum atomic E-state index is 6.64. The Kier molecular flexibility index (Phi) is 2.75. The minimum atomic E-state index is 0.283. The van der Waals surface area contributed by atoms with Crippen LogP contribution in [-0.2, 0) is 4.74 Å². The largest absolute Gasteiger partial charge is 0.494 e. The molecule has 1 heteroatoms. The molecule has 0 aromatic carbocycles. The van der Waals surface area contributed by atoms with Gasteiger partial charge in [0.15, 0.2) is 0 Å². The molecule has 0 amide bonds. The first kappa shape index (κ1) is 14.2. The second-order valence-corrected chi connectivity index (χ2v) is 9.49. The average molecular weight is 288 g/mol. The smallest absolute Gasteiger partial charge is 0.104 e. The lowest BCUT2D eigenvalue weighted by atomic mass is 9.53. The van der Waals surface area contributed by atoms with Crippen LogP contribution in [0.2, 0.25) is 0 Å². The Morgan fingerprint density at radius 2 is 1.95 bits per heavy atom. The number of allylic oxidation sites excluding steroid dienone is 1. The summed E-state index contributed by atoms with van der Waals surface area (Å²) in [5, 5.41) is 0. The van der Waals surface area contributed by atoms with E-state index in [1.54, 1.807) is 0 Å². The van der Waals surface area contributed by atoms with Crippen LogP contribution in [0.4, 0.5) is 0 Å². The van der Waals surface area contributed by atoms with Gasteiger partial charge < -0.3 is 4.74 Å². The fourth-order valence-corrected chi connectivity index (χ4v) is 6.83. The van der Waals surface area contributed by atoms with E-state index in [1.807, 2.05) is 0 Å². The molecule has 6 atom stereocenters. The third-order valence-electron chi connectivity index (χ3n) is 7.98. The van der Waals surface area contributed by atoms with Crippen molar-refractivity contribution in [3.63, 3.8) is 0 Å². The monoisotopic (exact) mass is 288 g/mol. The van der Waals surface area contributed by atoms with E-state index in [0.29, 0.717) is 16.9 Å². The summed E-state index contributed by atoms with van der Waals surface area (Å²) >= 11 is 0. The van der Waals surface area contributed by atoms with Crippen LogP contribution in [0.1, 0.15) is 72.6 Å². The summed E-state index contributed by atoms with van der Waals surface area (Å²) in [6, 6.07) is 0. The normalized spacial score (nSPS) is 52.2. The van der Waals surface area contributed by atoms with Crippen LogP contribution in [0.15, 0.2) is 12.3 Å². The van der Waals surface area contributed by atoms with Crippen molar-refractivity contribution in [1.29, 1.82) is 0 Å². The molecule has 1 spiro atoms. The van der Waals surface area contributed by atoms with Gasteiger partial charge >= 0.3 is 0 Å². The highest BCUT2D eigenvalue weighted by atomic mass is 16.5. The number of hydrogen-bond acceptors (Lipinski definition) is 1. The molecule has 0 aliphatic heterocycles. The lowest BCUT2D eigenvalue weighted by Gasteiger charge is -2.54. The molecule has 4 rings (SSSR count). The Balaban J connectivity index is 1.49. The quantitative estimate of drug-likeness (QED) is 0.602. The zero-order valence-corrected chi connectivity index (χ0v) is 14.4. The zero-order chi connectivity index (χ0) is 15.0. The summed E-state index contributed by atoms with van der Waals surface area (Å²) in [7, 11) is 0. The van der Waals surface area contributed by atoms with Crippen LogP contribution < -0.4 is 0 Å². The number of hydrogen-bond donors (Lipinski definition) is 0. The molecule has 4 fully saturated rings. The van der Waals surface area contributed by atoms with Crippen LogP contribution >= 0.6 is 0 Å². The number of fused-ring (bicyclic) bond motifs is 1. The van der Waals surface area contributed by atoms with E-state index in [1.165, 1.54) is 44.9 Å². The van der Waals surface area contributed by atoms with Crippen LogP contribution in [0.5, 0.6) is 0 Å². The summed E-state index contributed by atoms with van der Waals surface area (Å²) in [6.45, 7) is 14.0. The van der Waals surface area contributed by atoms with Crippen molar-refractivity contribution in [2.45, 2.75) is 78.7 Å². The third-order valence-corrected chi connectivity index (χ3v) is 7.98. The molecule has 21 heavy (non-hydrogen) atoms. The van der Waals surface area contributed by atoms with Gasteiger partial charge in [0.1, 0.15) is 6.10 Å². The number of rotatable bonds is 5. The molecular formula is C20H32O. The predicted octanol–water partition coefficient (Wildman–Crippen LogP) is 5.56. The van der Waals surface area contributed by atoms with E-state index in [9.17, 15) is 0 Å². The van der Waals surface area contributed by atoms with Crippen molar-refractivity contribution in [1.82, 2.24) is 0 Å². The summed E-state index contributed by atoms with van der Waals surface area (Å²) in [5.41, 5.74) is 1.24. The van der Waals surface area contributed by atoms with Gasteiger partial charge in [-0.05, 0) is 61.7 Å². The molecule has 2 bridgehead atoms. The lowest BCUT2D eigenvalue weighted by molar-refractivity contribution is -0.121. The SMILES string of the molecule is C=C(OC1CC2CC3C(C)CC13C2)C1(CCC)CC1(C)C. The molecule has 4 saturated carbocycles. The zero-order valence-electron chi connectivity index (χ0n) is 14.4. The standard InChI is InChI=1S/C20H32O/c1-6-7-20(12-18(20,4)5)14(3)21-17-9-15-8-16-13(2)10-19(16,17)11-15/h13,15-17H,3,6-12H2,1-2,4-5H3. The summed E-state index contributed by atoms with van der Waals surface area (Å²) in [4.78, 5) is 0. The first-order valence-electron chi connectivity index (χ1n) is 9.21. The molecule has 0 heterocycles. The molecule has 0 aromatic rings. The first-order chi connectivity index (χ1) is 9.84. The fourth-order valence-electron chi connectivity index (χ4n) is 6.83. The molecule has 1 nitrogen and oxygen atoms in total.